The zero-order chi connectivity index (χ0) is 25.8. The van der Waals surface area contributed by atoms with Crippen molar-refractivity contribution in [1.29, 1.82) is 0 Å². The molecule has 2 N–H and O–H groups in total. The SMILES string of the molecule is CCC(c1cc2c(Cl)c(C)nn2c(=O)n1Cc1ccccc1)N(CCCN)C(=O)c1cccc(C)c1. The molecular formula is C28H32ClN5O2. The lowest BCUT2D eigenvalue weighted by atomic mass is 10.0. The summed E-state index contributed by atoms with van der Waals surface area (Å²) >= 11 is 6.56. The molecule has 1 amide bonds. The lowest BCUT2D eigenvalue weighted by Crippen LogP contribution is -2.40. The van der Waals surface area contributed by atoms with Crippen LogP contribution in [0.1, 0.15) is 58.7 Å². The molecule has 0 aliphatic rings. The number of amides is 1. The topological polar surface area (TPSA) is 85.6 Å². The molecule has 0 aliphatic carbocycles. The first-order valence-corrected chi connectivity index (χ1v) is 12.6. The van der Waals surface area contributed by atoms with Crippen molar-refractivity contribution >= 4 is 23.0 Å². The molecule has 0 fully saturated rings. The average molecular weight is 506 g/mol. The van der Waals surface area contributed by atoms with Crippen LogP contribution in [-0.2, 0) is 6.54 Å². The van der Waals surface area contributed by atoms with E-state index in [0.29, 0.717) is 54.3 Å². The van der Waals surface area contributed by atoms with Gasteiger partial charge in [-0.2, -0.15) is 9.61 Å². The van der Waals surface area contributed by atoms with Crippen molar-refractivity contribution in [2.75, 3.05) is 13.1 Å². The third kappa shape index (κ3) is 5.08. The predicted molar refractivity (Wildman–Crippen MR) is 144 cm³/mol. The molecule has 1 atom stereocenters. The molecule has 4 rings (SSSR count). The van der Waals surface area contributed by atoms with Gasteiger partial charge in [-0.25, -0.2) is 4.79 Å². The van der Waals surface area contributed by atoms with Crippen LogP contribution in [0.25, 0.3) is 5.52 Å². The Hall–Kier alpha value is -3.42. The highest BCUT2D eigenvalue weighted by molar-refractivity contribution is 6.34. The minimum Gasteiger partial charge on any atom is -0.330 e. The summed E-state index contributed by atoms with van der Waals surface area (Å²) in [5.74, 6) is -0.0895. The molecule has 0 saturated carbocycles. The van der Waals surface area contributed by atoms with Crippen LogP contribution >= 0.6 is 11.6 Å². The number of carbonyl (C=O) groups is 1. The van der Waals surface area contributed by atoms with Gasteiger partial charge in [-0.05, 0) is 57.0 Å². The first-order chi connectivity index (χ1) is 17.3. The molecule has 2 aromatic heterocycles. The Labute approximate surface area is 216 Å². The smallest absolute Gasteiger partial charge is 0.330 e. The van der Waals surface area contributed by atoms with Gasteiger partial charge in [-0.1, -0.05) is 66.6 Å². The number of halogens is 1. The highest BCUT2D eigenvalue weighted by Crippen LogP contribution is 2.30. The standard InChI is InChI=1S/C28H32ClN5O2/c1-4-23(32(15-9-14-30)27(35)22-13-8-10-19(2)16-22)24-17-25-26(29)20(3)31-34(25)28(36)33(24)18-21-11-6-5-7-12-21/h5-8,10-13,16-17,23H,4,9,14-15,18,30H2,1-3H3. The highest BCUT2D eigenvalue weighted by atomic mass is 35.5. The number of aromatic nitrogens is 3. The Morgan fingerprint density at radius 1 is 1.11 bits per heavy atom. The van der Waals surface area contributed by atoms with E-state index in [1.165, 1.54) is 4.52 Å². The van der Waals surface area contributed by atoms with Crippen molar-refractivity contribution in [1.82, 2.24) is 19.1 Å². The Bertz CT molecular complexity index is 1430. The molecule has 188 valence electrons. The van der Waals surface area contributed by atoms with Gasteiger partial charge in [-0.3, -0.25) is 9.36 Å². The Kier molecular flexibility index (Phi) is 7.91. The molecule has 8 heteroatoms. The van der Waals surface area contributed by atoms with Crippen LogP contribution in [0, 0.1) is 13.8 Å². The van der Waals surface area contributed by atoms with Crippen LogP contribution in [0.2, 0.25) is 5.02 Å². The van der Waals surface area contributed by atoms with E-state index in [1.807, 2.05) is 79.4 Å². The molecule has 0 spiro atoms. The number of hydrogen-bond donors (Lipinski definition) is 1. The van der Waals surface area contributed by atoms with Crippen molar-refractivity contribution in [3.8, 4) is 0 Å². The fourth-order valence-electron chi connectivity index (χ4n) is 4.63. The molecule has 2 heterocycles. The maximum atomic E-state index is 13.8. The minimum atomic E-state index is -0.364. The highest BCUT2D eigenvalue weighted by Gasteiger charge is 2.29. The molecule has 7 nitrogen and oxygen atoms in total. The predicted octanol–water partition coefficient (Wildman–Crippen LogP) is 4.76. The number of aryl methyl sites for hydroxylation is 2. The molecule has 0 saturated heterocycles. The van der Waals surface area contributed by atoms with E-state index < -0.39 is 0 Å². The van der Waals surface area contributed by atoms with E-state index >= 15 is 0 Å². The molecular weight excluding hydrogens is 474 g/mol. The third-order valence-electron chi connectivity index (χ3n) is 6.45. The van der Waals surface area contributed by atoms with Gasteiger partial charge >= 0.3 is 5.69 Å². The van der Waals surface area contributed by atoms with Gasteiger partial charge in [-0.15, -0.1) is 0 Å². The second kappa shape index (κ2) is 11.1. The zero-order valence-corrected chi connectivity index (χ0v) is 21.7. The summed E-state index contributed by atoms with van der Waals surface area (Å²) in [7, 11) is 0. The van der Waals surface area contributed by atoms with Crippen LogP contribution in [0.4, 0.5) is 0 Å². The van der Waals surface area contributed by atoms with Gasteiger partial charge in [0.05, 0.1) is 28.8 Å². The lowest BCUT2D eigenvalue weighted by molar-refractivity contribution is 0.0660. The summed E-state index contributed by atoms with van der Waals surface area (Å²) in [5, 5.41) is 4.82. The van der Waals surface area contributed by atoms with Crippen molar-refractivity contribution in [2.45, 2.75) is 46.2 Å². The summed E-state index contributed by atoms with van der Waals surface area (Å²) in [5.41, 5.74) is 10.0. The number of rotatable bonds is 9. The van der Waals surface area contributed by atoms with Crippen molar-refractivity contribution in [3.63, 3.8) is 0 Å². The maximum Gasteiger partial charge on any atom is 0.349 e. The average Bonchev–Trinajstić information content (AvgIpc) is 3.17. The van der Waals surface area contributed by atoms with E-state index in [-0.39, 0.29) is 17.6 Å². The number of hydrogen-bond acceptors (Lipinski definition) is 4. The van der Waals surface area contributed by atoms with Gasteiger partial charge in [0.1, 0.15) is 0 Å². The Morgan fingerprint density at radius 2 is 1.86 bits per heavy atom. The van der Waals surface area contributed by atoms with Gasteiger partial charge in [0.2, 0.25) is 0 Å². The third-order valence-corrected chi connectivity index (χ3v) is 6.91. The molecule has 1 unspecified atom stereocenters. The van der Waals surface area contributed by atoms with Gasteiger partial charge in [0, 0.05) is 17.8 Å². The first kappa shape index (κ1) is 25.7. The molecule has 0 aliphatic heterocycles. The monoisotopic (exact) mass is 505 g/mol. The first-order valence-electron chi connectivity index (χ1n) is 12.3. The molecule has 0 bridgehead atoms. The summed E-state index contributed by atoms with van der Waals surface area (Å²) in [6, 6.07) is 18.9. The van der Waals surface area contributed by atoms with Crippen LogP contribution in [0.3, 0.4) is 0 Å². The minimum absolute atomic E-state index is 0.0895. The van der Waals surface area contributed by atoms with E-state index in [0.717, 1.165) is 16.8 Å². The Morgan fingerprint density at radius 3 is 2.53 bits per heavy atom. The zero-order valence-electron chi connectivity index (χ0n) is 20.9. The lowest BCUT2D eigenvalue weighted by Gasteiger charge is -2.33. The van der Waals surface area contributed by atoms with E-state index in [2.05, 4.69) is 5.10 Å². The van der Waals surface area contributed by atoms with Crippen LogP contribution in [0.5, 0.6) is 0 Å². The fourth-order valence-corrected chi connectivity index (χ4v) is 4.81. The largest absolute Gasteiger partial charge is 0.349 e. The van der Waals surface area contributed by atoms with Crippen molar-refractivity contribution in [2.24, 2.45) is 5.73 Å². The summed E-state index contributed by atoms with van der Waals surface area (Å²) < 4.78 is 3.06. The summed E-state index contributed by atoms with van der Waals surface area (Å²) in [6.45, 7) is 7.04. The fraction of sp³-hybridized carbons (Fsp3) is 0.321. The van der Waals surface area contributed by atoms with Crippen LogP contribution in [0.15, 0.2) is 65.5 Å². The van der Waals surface area contributed by atoms with Crippen LogP contribution in [-0.4, -0.2) is 38.1 Å². The van der Waals surface area contributed by atoms with E-state index in [4.69, 9.17) is 17.3 Å². The maximum absolute atomic E-state index is 13.8. The second-order valence-electron chi connectivity index (χ2n) is 9.05. The molecule has 2 aromatic carbocycles. The summed E-state index contributed by atoms with van der Waals surface area (Å²) in [6.07, 6.45) is 1.25. The second-order valence-corrected chi connectivity index (χ2v) is 9.43. The van der Waals surface area contributed by atoms with Gasteiger partial charge in [0.25, 0.3) is 5.91 Å². The summed E-state index contributed by atoms with van der Waals surface area (Å²) in [4.78, 5) is 29.4. The number of fused-ring (bicyclic) bond motifs is 1. The number of nitrogens with two attached hydrogens (primary N) is 1. The molecule has 4 aromatic rings. The number of benzene rings is 2. The molecule has 36 heavy (non-hydrogen) atoms. The molecule has 0 radical (unpaired) electrons. The van der Waals surface area contributed by atoms with Crippen molar-refractivity contribution in [3.05, 3.63) is 104 Å². The normalized spacial score (nSPS) is 12.1. The number of nitrogens with zero attached hydrogens (tertiary/aromatic N) is 4. The van der Waals surface area contributed by atoms with Gasteiger partial charge in [0.15, 0.2) is 0 Å². The number of carbonyl (C=O) groups excluding carboxylic acids is 1. The van der Waals surface area contributed by atoms with E-state index in [9.17, 15) is 9.59 Å². The van der Waals surface area contributed by atoms with Gasteiger partial charge < -0.3 is 10.6 Å². The van der Waals surface area contributed by atoms with E-state index in [1.54, 1.807) is 11.5 Å². The van der Waals surface area contributed by atoms with Crippen molar-refractivity contribution < 1.29 is 4.79 Å². The van der Waals surface area contributed by atoms with Crippen LogP contribution < -0.4 is 11.4 Å². The quantitative estimate of drug-likeness (QED) is 0.355. The Balaban J connectivity index is 1.91.